The average Bonchev–Trinajstić information content (AvgIpc) is 3.18. The van der Waals surface area contributed by atoms with Crippen LogP contribution in [0.25, 0.3) is 0 Å². The summed E-state index contributed by atoms with van der Waals surface area (Å²) in [7, 11) is -3.65. The van der Waals surface area contributed by atoms with E-state index < -0.39 is 10.0 Å². The van der Waals surface area contributed by atoms with Gasteiger partial charge in [0, 0.05) is 37.3 Å². The fraction of sp³-hybridized carbons (Fsp3) is 0.364. The fourth-order valence-electron chi connectivity index (χ4n) is 4.26. The van der Waals surface area contributed by atoms with Gasteiger partial charge in [-0.2, -0.15) is 0 Å². The standard InChI is InChI=1S/C22H26N4O4S/c27-21(24-16-7-3-1-4-8-16)12-11-18-14-23-22(28)20-13-17(15-26(18)20)25-31(29,30)19-9-5-2-6-10-19/h1-10,17-18,20,25H,11-15H2,(H,23,28)(H,24,27)/t17-,18+,20-/m0/s1. The number of para-hydroxylation sites is 1. The van der Waals surface area contributed by atoms with Crippen LogP contribution in [0.5, 0.6) is 0 Å². The Labute approximate surface area is 182 Å². The van der Waals surface area contributed by atoms with Crippen molar-refractivity contribution < 1.29 is 18.0 Å². The number of hydrogen-bond donors (Lipinski definition) is 3. The van der Waals surface area contributed by atoms with Gasteiger partial charge in [-0.15, -0.1) is 0 Å². The second kappa shape index (κ2) is 9.17. The van der Waals surface area contributed by atoms with Gasteiger partial charge in [0.25, 0.3) is 0 Å². The maximum atomic E-state index is 12.7. The summed E-state index contributed by atoms with van der Waals surface area (Å²) in [5.74, 6) is -0.174. The van der Waals surface area contributed by atoms with Crippen molar-refractivity contribution >= 4 is 27.5 Å². The molecule has 2 aliphatic rings. The second-order valence-corrected chi connectivity index (χ2v) is 9.65. The molecule has 0 aromatic heterocycles. The van der Waals surface area contributed by atoms with Gasteiger partial charge in [-0.3, -0.25) is 14.5 Å². The second-order valence-electron chi connectivity index (χ2n) is 7.93. The number of amides is 2. The predicted octanol–water partition coefficient (Wildman–Crippen LogP) is 1.33. The van der Waals surface area contributed by atoms with E-state index in [4.69, 9.17) is 0 Å². The van der Waals surface area contributed by atoms with E-state index in [1.807, 2.05) is 35.2 Å². The van der Waals surface area contributed by atoms with E-state index in [2.05, 4.69) is 15.4 Å². The molecule has 3 N–H and O–H groups in total. The van der Waals surface area contributed by atoms with Gasteiger partial charge in [-0.1, -0.05) is 36.4 Å². The molecule has 8 nitrogen and oxygen atoms in total. The summed E-state index contributed by atoms with van der Waals surface area (Å²) in [6.45, 7) is 0.890. The third-order valence-electron chi connectivity index (χ3n) is 5.76. The SMILES string of the molecule is O=C(CC[C@@H]1CNC(=O)[C@@H]2C[C@H](NS(=O)(=O)c3ccccc3)CN12)Nc1ccccc1. The van der Waals surface area contributed by atoms with Crippen molar-refractivity contribution in [3.05, 3.63) is 60.7 Å². The van der Waals surface area contributed by atoms with Crippen LogP contribution in [-0.2, 0) is 19.6 Å². The summed E-state index contributed by atoms with van der Waals surface area (Å²) in [6.07, 6.45) is 1.30. The molecule has 3 atom stereocenters. The Balaban J connectivity index is 1.36. The number of rotatable bonds is 7. The average molecular weight is 443 g/mol. The lowest BCUT2D eigenvalue weighted by molar-refractivity contribution is -0.129. The minimum absolute atomic E-state index is 0.0181. The highest BCUT2D eigenvalue weighted by Gasteiger charge is 2.44. The molecule has 0 spiro atoms. The summed E-state index contributed by atoms with van der Waals surface area (Å²) >= 11 is 0. The van der Waals surface area contributed by atoms with Crippen LogP contribution in [0.3, 0.4) is 0 Å². The normalized spacial score (nSPS) is 23.7. The van der Waals surface area contributed by atoms with Crippen molar-refractivity contribution in [2.24, 2.45) is 0 Å². The van der Waals surface area contributed by atoms with Crippen molar-refractivity contribution in [3.63, 3.8) is 0 Å². The number of sulfonamides is 1. The highest BCUT2D eigenvalue weighted by atomic mass is 32.2. The predicted molar refractivity (Wildman–Crippen MR) is 117 cm³/mol. The molecule has 2 fully saturated rings. The molecule has 9 heteroatoms. The van der Waals surface area contributed by atoms with Crippen LogP contribution in [0.4, 0.5) is 5.69 Å². The molecule has 4 rings (SSSR count). The third-order valence-corrected chi connectivity index (χ3v) is 7.30. The first-order chi connectivity index (χ1) is 14.9. The van der Waals surface area contributed by atoms with E-state index in [1.54, 1.807) is 30.3 Å². The van der Waals surface area contributed by atoms with Gasteiger partial charge >= 0.3 is 0 Å². The smallest absolute Gasteiger partial charge is 0.240 e. The molecule has 2 amide bonds. The van der Waals surface area contributed by atoms with Crippen LogP contribution >= 0.6 is 0 Å². The molecule has 0 aliphatic carbocycles. The van der Waals surface area contributed by atoms with Crippen LogP contribution in [0.15, 0.2) is 65.6 Å². The number of piperazine rings is 1. The molecule has 2 aliphatic heterocycles. The van der Waals surface area contributed by atoms with Gasteiger partial charge in [-0.25, -0.2) is 13.1 Å². The summed E-state index contributed by atoms with van der Waals surface area (Å²) in [4.78, 5) is 26.9. The number of carbonyl (C=O) groups is 2. The zero-order chi connectivity index (χ0) is 21.8. The molecule has 31 heavy (non-hydrogen) atoms. The van der Waals surface area contributed by atoms with Crippen molar-refractivity contribution in [3.8, 4) is 0 Å². The number of nitrogens with zero attached hydrogens (tertiary/aromatic N) is 1. The Bertz CT molecular complexity index is 1030. The van der Waals surface area contributed by atoms with Gasteiger partial charge in [-0.05, 0) is 37.1 Å². The highest BCUT2D eigenvalue weighted by Crippen LogP contribution is 2.27. The van der Waals surface area contributed by atoms with Gasteiger partial charge in [0.15, 0.2) is 0 Å². The van der Waals surface area contributed by atoms with Crippen molar-refractivity contribution in [1.82, 2.24) is 14.9 Å². The Kier molecular flexibility index (Phi) is 6.35. The lowest BCUT2D eigenvalue weighted by atomic mass is 10.0. The van der Waals surface area contributed by atoms with Gasteiger partial charge in [0.1, 0.15) is 0 Å². The number of anilines is 1. The number of nitrogens with one attached hydrogen (secondary N) is 3. The monoisotopic (exact) mass is 442 g/mol. The largest absolute Gasteiger partial charge is 0.353 e. The molecular formula is C22H26N4O4S. The van der Waals surface area contributed by atoms with E-state index in [9.17, 15) is 18.0 Å². The van der Waals surface area contributed by atoms with Crippen LogP contribution in [0.2, 0.25) is 0 Å². The molecule has 2 aromatic carbocycles. The topological polar surface area (TPSA) is 108 Å². The van der Waals surface area contributed by atoms with Crippen LogP contribution in [-0.4, -0.2) is 56.3 Å². The maximum absolute atomic E-state index is 12.7. The van der Waals surface area contributed by atoms with Gasteiger partial charge in [0.2, 0.25) is 21.8 Å². The van der Waals surface area contributed by atoms with Gasteiger partial charge in [0.05, 0.1) is 10.9 Å². The van der Waals surface area contributed by atoms with E-state index in [-0.39, 0.29) is 34.8 Å². The molecule has 0 unspecified atom stereocenters. The molecule has 2 aromatic rings. The van der Waals surface area contributed by atoms with E-state index in [0.717, 1.165) is 5.69 Å². The lowest BCUT2D eigenvalue weighted by Crippen LogP contribution is -2.57. The maximum Gasteiger partial charge on any atom is 0.240 e. The minimum atomic E-state index is -3.65. The molecule has 2 heterocycles. The van der Waals surface area contributed by atoms with Crippen LogP contribution in [0, 0.1) is 0 Å². The molecule has 2 saturated heterocycles. The van der Waals surface area contributed by atoms with Crippen LogP contribution in [0.1, 0.15) is 19.3 Å². The molecule has 0 bridgehead atoms. The first-order valence-electron chi connectivity index (χ1n) is 10.4. The number of carbonyl (C=O) groups excluding carboxylic acids is 2. The lowest BCUT2D eigenvalue weighted by Gasteiger charge is -2.37. The Morgan fingerprint density at radius 3 is 2.45 bits per heavy atom. The summed E-state index contributed by atoms with van der Waals surface area (Å²) in [5, 5.41) is 5.77. The van der Waals surface area contributed by atoms with Crippen molar-refractivity contribution in [1.29, 1.82) is 0 Å². The zero-order valence-corrected chi connectivity index (χ0v) is 17.8. The third kappa shape index (κ3) is 5.12. The molecule has 0 saturated carbocycles. The number of fused-ring (bicyclic) bond motifs is 1. The Hall–Kier alpha value is -2.75. The summed E-state index contributed by atoms with van der Waals surface area (Å²) in [5.41, 5.74) is 0.749. The molecule has 164 valence electrons. The highest BCUT2D eigenvalue weighted by molar-refractivity contribution is 7.89. The van der Waals surface area contributed by atoms with Crippen LogP contribution < -0.4 is 15.4 Å². The van der Waals surface area contributed by atoms with Gasteiger partial charge < -0.3 is 10.6 Å². The zero-order valence-electron chi connectivity index (χ0n) is 17.0. The molecule has 0 radical (unpaired) electrons. The first-order valence-corrected chi connectivity index (χ1v) is 11.9. The first kappa shape index (κ1) is 21.5. The Morgan fingerprint density at radius 2 is 1.74 bits per heavy atom. The summed E-state index contributed by atoms with van der Waals surface area (Å²) in [6, 6.07) is 16.7. The van der Waals surface area contributed by atoms with E-state index in [0.29, 0.717) is 32.4 Å². The number of hydrogen-bond acceptors (Lipinski definition) is 5. The number of benzene rings is 2. The summed E-state index contributed by atoms with van der Waals surface area (Å²) < 4.78 is 28.1. The quantitative estimate of drug-likeness (QED) is 0.600. The molecular weight excluding hydrogens is 416 g/mol. The fourth-order valence-corrected chi connectivity index (χ4v) is 5.52. The van der Waals surface area contributed by atoms with Crippen molar-refractivity contribution in [2.45, 2.75) is 42.3 Å². The van der Waals surface area contributed by atoms with E-state index in [1.165, 1.54) is 0 Å². The Morgan fingerprint density at radius 1 is 1.06 bits per heavy atom. The van der Waals surface area contributed by atoms with Crippen molar-refractivity contribution in [2.75, 3.05) is 18.4 Å². The minimum Gasteiger partial charge on any atom is -0.353 e. The van der Waals surface area contributed by atoms with E-state index >= 15 is 0 Å².